The van der Waals surface area contributed by atoms with E-state index in [9.17, 15) is 22.4 Å². The van der Waals surface area contributed by atoms with Crippen LogP contribution in [-0.2, 0) is 10.9 Å². The van der Waals surface area contributed by atoms with E-state index in [4.69, 9.17) is 9.26 Å². The van der Waals surface area contributed by atoms with Gasteiger partial charge in [-0.1, -0.05) is 5.16 Å². The highest BCUT2D eigenvalue weighted by Crippen LogP contribution is 2.34. The molecular formula is C19H21F4N3O3. The van der Waals surface area contributed by atoms with Crippen LogP contribution < -0.4 is 0 Å². The maximum Gasteiger partial charge on any atom is 0.416 e. The zero-order chi connectivity index (χ0) is 21.4. The van der Waals surface area contributed by atoms with Crippen molar-refractivity contribution in [1.29, 1.82) is 0 Å². The van der Waals surface area contributed by atoms with Gasteiger partial charge in [0.05, 0.1) is 11.1 Å². The van der Waals surface area contributed by atoms with Crippen molar-refractivity contribution in [2.75, 3.05) is 13.1 Å². The van der Waals surface area contributed by atoms with Gasteiger partial charge in [0.2, 0.25) is 11.7 Å². The summed E-state index contributed by atoms with van der Waals surface area (Å²) < 4.78 is 63.2. The van der Waals surface area contributed by atoms with Crippen molar-refractivity contribution in [2.45, 2.75) is 51.3 Å². The summed E-state index contributed by atoms with van der Waals surface area (Å²) in [6.45, 7) is 6.17. The molecule has 0 spiro atoms. The van der Waals surface area contributed by atoms with Crippen LogP contribution in [0.1, 0.15) is 51.0 Å². The number of aromatic nitrogens is 2. The molecule has 6 nitrogen and oxygen atoms in total. The van der Waals surface area contributed by atoms with Crippen LogP contribution in [0.2, 0.25) is 0 Å². The predicted molar refractivity (Wildman–Crippen MR) is 94.5 cm³/mol. The summed E-state index contributed by atoms with van der Waals surface area (Å²) in [4.78, 5) is 17.8. The SMILES string of the molecule is CC(C)(C)OC(=O)N1CCC(c2nc(-c3cc(C(F)(F)F)ccc3F)no2)CC1. The zero-order valence-electron chi connectivity index (χ0n) is 16.2. The van der Waals surface area contributed by atoms with Crippen LogP contribution in [0, 0.1) is 5.82 Å². The number of piperidine rings is 1. The molecule has 1 fully saturated rings. The van der Waals surface area contributed by atoms with Crippen molar-refractivity contribution in [3.63, 3.8) is 0 Å². The summed E-state index contributed by atoms with van der Waals surface area (Å²) in [5.74, 6) is -1.08. The van der Waals surface area contributed by atoms with Crippen molar-refractivity contribution < 1.29 is 31.6 Å². The Bertz CT molecular complexity index is 882. The van der Waals surface area contributed by atoms with Crippen molar-refractivity contribution in [3.8, 4) is 11.4 Å². The van der Waals surface area contributed by atoms with Gasteiger partial charge in [0.15, 0.2) is 0 Å². The lowest BCUT2D eigenvalue weighted by Crippen LogP contribution is -2.41. The third kappa shape index (κ3) is 5.04. The van der Waals surface area contributed by atoms with Crippen LogP contribution >= 0.6 is 0 Å². The summed E-state index contributed by atoms with van der Waals surface area (Å²) in [5, 5.41) is 3.65. The second-order valence-electron chi connectivity index (χ2n) is 7.89. The maximum atomic E-state index is 14.0. The largest absolute Gasteiger partial charge is 0.444 e. The van der Waals surface area contributed by atoms with Gasteiger partial charge in [0.25, 0.3) is 0 Å². The first-order valence-corrected chi connectivity index (χ1v) is 9.13. The Morgan fingerprint density at radius 1 is 1.21 bits per heavy atom. The van der Waals surface area contributed by atoms with Crippen molar-refractivity contribution in [3.05, 3.63) is 35.5 Å². The van der Waals surface area contributed by atoms with Crippen LogP contribution in [0.25, 0.3) is 11.4 Å². The number of amides is 1. The number of ether oxygens (including phenoxy) is 1. The summed E-state index contributed by atoms with van der Waals surface area (Å²) in [6, 6.07) is 2.05. The number of likely N-dealkylation sites (tertiary alicyclic amines) is 1. The van der Waals surface area contributed by atoms with E-state index in [1.807, 2.05) is 0 Å². The highest BCUT2D eigenvalue weighted by atomic mass is 19.4. The maximum absolute atomic E-state index is 14.0. The molecular weight excluding hydrogens is 394 g/mol. The molecule has 1 aromatic heterocycles. The van der Waals surface area contributed by atoms with E-state index in [2.05, 4.69) is 10.1 Å². The van der Waals surface area contributed by atoms with Gasteiger partial charge in [-0.05, 0) is 51.8 Å². The minimum Gasteiger partial charge on any atom is -0.444 e. The summed E-state index contributed by atoms with van der Waals surface area (Å²) in [7, 11) is 0. The molecule has 0 saturated carbocycles. The third-order valence-corrected chi connectivity index (χ3v) is 4.47. The van der Waals surface area contributed by atoms with Crippen LogP contribution in [0.5, 0.6) is 0 Å². The van der Waals surface area contributed by atoms with Gasteiger partial charge < -0.3 is 14.2 Å². The van der Waals surface area contributed by atoms with E-state index in [1.165, 1.54) is 0 Å². The molecule has 2 heterocycles. The first kappa shape index (κ1) is 21.1. The van der Waals surface area contributed by atoms with Crippen LogP contribution in [0.15, 0.2) is 22.7 Å². The Hall–Kier alpha value is -2.65. The van der Waals surface area contributed by atoms with Gasteiger partial charge in [-0.2, -0.15) is 18.2 Å². The lowest BCUT2D eigenvalue weighted by atomic mass is 9.97. The van der Waals surface area contributed by atoms with E-state index in [-0.39, 0.29) is 23.2 Å². The van der Waals surface area contributed by atoms with Gasteiger partial charge in [-0.25, -0.2) is 9.18 Å². The Labute approximate surface area is 164 Å². The number of alkyl halides is 3. The third-order valence-electron chi connectivity index (χ3n) is 4.47. The molecule has 0 atom stereocenters. The molecule has 1 aliphatic rings. The van der Waals surface area contributed by atoms with Gasteiger partial charge in [0.1, 0.15) is 11.4 Å². The highest BCUT2D eigenvalue weighted by molar-refractivity contribution is 5.68. The van der Waals surface area contributed by atoms with E-state index in [0.717, 1.165) is 6.07 Å². The average molecular weight is 415 g/mol. The number of carbonyl (C=O) groups is 1. The Kier molecular flexibility index (Phi) is 5.55. The quantitative estimate of drug-likeness (QED) is 0.645. The molecule has 1 aliphatic heterocycles. The Balaban J connectivity index is 1.70. The number of benzene rings is 1. The number of carbonyl (C=O) groups excluding carboxylic acids is 1. The zero-order valence-corrected chi connectivity index (χ0v) is 16.2. The number of hydrogen-bond acceptors (Lipinski definition) is 5. The van der Waals surface area contributed by atoms with Crippen LogP contribution in [0.4, 0.5) is 22.4 Å². The number of nitrogens with zero attached hydrogens (tertiary/aromatic N) is 3. The lowest BCUT2D eigenvalue weighted by Gasteiger charge is -2.32. The highest BCUT2D eigenvalue weighted by Gasteiger charge is 2.33. The molecule has 0 bridgehead atoms. The van der Waals surface area contributed by atoms with Crippen LogP contribution in [-0.4, -0.2) is 39.8 Å². The molecule has 1 saturated heterocycles. The van der Waals surface area contributed by atoms with Crippen molar-refractivity contribution in [2.24, 2.45) is 0 Å². The van der Waals surface area contributed by atoms with Gasteiger partial charge in [0, 0.05) is 19.0 Å². The van der Waals surface area contributed by atoms with Crippen LogP contribution in [0.3, 0.4) is 0 Å². The number of hydrogen-bond donors (Lipinski definition) is 0. The van der Waals surface area contributed by atoms with Gasteiger partial charge >= 0.3 is 12.3 Å². The first-order valence-electron chi connectivity index (χ1n) is 9.13. The first-order chi connectivity index (χ1) is 13.4. The molecule has 10 heteroatoms. The molecule has 1 amide bonds. The Morgan fingerprint density at radius 3 is 2.45 bits per heavy atom. The molecule has 0 aliphatic carbocycles. The number of halogens is 4. The normalized spacial score (nSPS) is 16.2. The molecule has 0 N–H and O–H groups in total. The lowest BCUT2D eigenvalue weighted by molar-refractivity contribution is -0.137. The van der Waals surface area contributed by atoms with E-state index >= 15 is 0 Å². The number of rotatable bonds is 2. The fraction of sp³-hybridized carbons (Fsp3) is 0.526. The summed E-state index contributed by atoms with van der Waals surface area (Å²) >= 11 is 0. The Morgan fingerprint density at radius 2 is 1.86 bits per heavy atom. The van der Waals surface area contributed by atoms with Gasteiger partial charge in [-0.15, -0.1) is 0 Å². The molecule has 2 aromatic rings. The van der Waals surface area contributed by atoms with Gasteiger partial charge in [-0.3, -0.25) is 0 Å². The smallest absolute Gasteiger partial charge is 0.416 e. The second kappa shape index (κ2) is 7.64. The topological polar surface area (TPSA) is 68.5 Å². The molecule has 29 heavy (non-hydrogen) atoms. The second-order valence-corrected chi connectivity index (χ2v) is 7.89. The minimum absolute atomic E-state index is 0.177. The molecule has 3 rings (SSSR count). The summed E-state index contributed by atoms with van der Waals surface area (Å²) in [6.07, 6.45) is -3.98. The van der Waals surface area contributed by atoms with E-state index in [1.54, 1.807) is 25.7 Å². The molecule has 158 valence electrons. The summed E-state index contributed by atoms with van der Waals surface area (Å²) in [5.41, 5.74) is -1.96. The fourth-order valence-corrected chi connectivity index (χ4v) is 3.02. The van der Waals surface area contributed by atoms with Crippen molar-refractivity contribution >= 4 is 6.09 Å². The minimum atomic E-state index is -4.61. The monoisotopic (exact) mass is 415 g/mol. The average Bonchev–Trinajstić information content (AvgIpc) is 3.09. The van der Waals surface area contributed by atoms with E-state index in [0.29, 0.717) is 38.1 Å². The fourth-order valence-electron chi connectivity index (χ4n) is 3.02. The molecule has 0 radical (unpaired) electrons. The standard InChI is InChI=1S/C19H21F4N3O3/c1-18(2,3)28-17(27)26-8-6-11(7-9-26)16-24-15(25-29-16)13-10-12(19(21,22)23)4-5-14(13)20/h4-5,10-11H,6-9H2,1-3H3. The van der Waals surface area contributed by atoms with Crippen molar-refractivity contribution in [1.82, 2.24) is 15.0 Å². The molecule has 1 aromatic carbocycles. The van der Waals surface area contributed by atoms with E-state index < -0.39 is 29.3 Å². The predicted octanol–water partition coefficient (Wildman–Crippen LogP) is 5.01. The molecule has 0 unspecified atom stereocenters.